The van der Waals surface area contributed by atoms with Crippen molar-refractivity contribution in [3.8, 4) is 10.7 Å². The predicted octanol–water partition coefficient (Wildman–Crippen LogP) is 4.88. The summed E-state index contributed by atoms with van der Waals surface area (Å²) in [6.45, 7) is 0. The van der Waals surface area contributed by atoms with Crippen molar-refractivity contribution in [2.45, 2.75) is 0 Å². The van der Waals surface area contributed by atoms with Gasteiger partial charge in [0, 0.05) is 4.47 Å². The van der Waals surface area contributed by atoms with E-state index in [0.717, 1.165) is 9.35 Å². The molecule has 0 N–H and O–H groups in total. The first-order valence-corrected chi connectivity index (χ1v) is 7.22. The Morgan fingerprint density at radius 2 is 1.87 bits per heavy atom. The van der Waals surface area contributed by atoms with Gasteiger partial charge >= 0.3 is 0 Å². The molecule has 15 heavy (non-hydrogen) atoms. The topological polar surface area (TPSA) is 25.8 Å². The van der Waals surface area contributed by atoms with Gasteiger partial charge in [0.15, 0.2) is 5.82 Å². The average Bonchev–Trinajstić information content (AvgIpc) is 2.60. The van der Waals surface area contributed by atoms with Gasteiger partial charge in [0.2, 0.25) is 0 Å². The summed E-state index contributed by atoms with van der Waals surface area (Å²) in [6, 6.07) is 1.93. The van der Waals surface area contributed by atoms with Gasteiger partial charge in [0.25, 0.3) is 0 Å². The van der Waals surface area contributed by atoms with E-state index in [0.29, 0.717) is 19.7 Å². The molecule has 2 aromatic heterocycles. The summed E-state index contributed by atoms with van der Waals surface area (Å²) in [6.07, 6.45) is 0. The van der Waals surface area contributed by atoms with Crippen LogP contribution in [0.1, 0.15) is 0 Å². The van der Waals surface area contributed by atoms with Crippen LogP contribution in [0.5, 0.6) is 0 Å². The van der Waals surface area contributed by atoms with Crippen LogP contribution in [0.15, 0.2) is 15.9 Å². The van der Waals surface area contributed by atoms with Gasteiger partial charge in [-0.25, -0.2) is 9.97 Å². The Morgan fingerprint density at radius 3 is 2.33 bits per heavy atom. The lowest BCUT2D eigenvalue weighted by molar-refractivity contribution is 1.17. The molecule has 2 heterocycles. The van der Waals surface area contributed by atoms with Crippen LogP contribution < -0.4 is 0 Å². The molecule has 78 valence electrons. The monoisotopic (exact) mass is 434 g/mol. The van der Waals surface area contributed by atoms with Gasteiger partial charge in [-0.15, -0.1) is 11.3 Å². The minimum Gasteiger partial charge on any atom is -0.214 e. The molecule has 0 amide bonds. The molecule has 0 aliphatic heterocycles. The third-order valence-electron chi connectivity index (χ3n) is 1.59. The molecule has 2 nitrogen and oxygen atoms in total. The van der Waals surface area contributed by atoms with E-state index < -0.39 is 0 Å². The van der Waals surface area contributed by atoms with E-state index in [1.165, 1.54) is 11.3 Å². The van der Waals surface area contributed by atoms with Crippen LogP contribution >= 0.6 is 73.1 Å². The second-order valence-corrected chi connectivity index (χ2v) is 6.11. The fraction of sp³-hybridized carbons (Fsp3) is 0. The van der Waals surface area contributed by atoms with E-state index in [1.807, 2.05) is 34.0 Å². The number of halogens is 4. The molecular formula is C8H2BrCl2IN2S. The summed E-state index contributed by atoms with van der Waals surface area (Å²) in [4.78, 5) is 9.29. The SMILES string of the molecule is Clc1nc(-c2sccc2Br)nc(Cl)c1I. The van der Waals surface area contributed by atoms with E-state index >= 15 is 0 Å². The number of hydrogen-bond donors (Lipinski definition) is 0. The van der Waals surface area contributed by atoms with E-state index in [2.05, 4.69) is 25.9 Å². The van der Waals surface area contributed by atoms with Crippen LogP contribution in [0.3, 0.4) is 0 Å². The van der Waals surface area contributed by atoms with E-state index in [-0.39, 0.29) is 0 Å². The zero-order valence-electron chi connectivity index (χ0n) is 6.97. The van der Waals surface area contributed by atoms with E-state index in [4.69, 9.17) is 23.2 Å². The fourth-order valence-electron chi connectivity index (χ4n) is 0.949. The Kier molecular flexibility index (Phi) is 3.88. The lowest BCUT2D eigenvalue weighted by atomic mass is 10.4. The van der Waals surface area contributed by atoms with Gasteiger partial charge in [-0.3, -0.25) is 0 Å². The van der Waals surface area contributed by atoms with Crippen molar-refractivity contribution in [2.75, 3.05) is 0 Å². The highest BCUT2D eigenvalue weighted by Gasteiger charge is 2.13. The Labute approximate surface area is 122 Å². The van der Waals surface area contributed by atoms with Crippen LogP contribution in [-0.4, -0.2) is 9.97 Å². The number of nitrogens with zero attached hydrogens (tertiary/aromatic N) is 2. The largest absolute Gasteiger partial charge is 0.214 e. The average molecular weight is 436 g/mol. The summed E-state index contributed by atoms with van der Waals surface area (Å²) in [5, 5.41) is 2.71. The van der Waals surface area contributed by atoms with Crippen LogP contribution in [0.2, 0.25) is 10.3 Å². The Bertz CT molecular complexity index is 494. The van der Waals surface area contributed by atoms with Crippen molar-refractivity contribution in [3.05, 3.63) is 29.8 Å². The summed E-state index contributed by atoms with van der Waals surface area (Å²) < 4.78 is 1.62. The summed E-state index contributed by atoms with van der Waals surface area (Å²) in [5.74, 6) is 0.548. The van der Waals surface area contributed by atoms with Crippen LogP contribution in [0.25, 0.3) is 10.7 Å². The van der Waals surface area contributed by atoms with Gasteiger partial charge < -0.3 is 0 Å². The standard InChI is InChI=1S/C8H2BrCl2IN2S/c9-3-1-2-15-5(3)8-13-6(10)4(12)7(11)14-8/h1-2H. The Hall–Kier alpha value is 0.570. The third-order valence-corrected chi connectivity index (χ3v) is 5.63. The quantitative estimate of drug-likeness (QED) is 0.471. The highest BCUT2D eigenvalue weighted by atomic mass is 127. The maximum atomic E-state index is 5.93. The molecule has 0 aliphatic rings. The fourth-order valence-corrected chi connectivity index (χ4v) is 3.06. The number of hydrogen-bond acceptors (Lipinski definition) is 3. The van der Waals surface area contributed by atoms with Crippen LogP contribution in [-0.2, 0) is 0 Å². The number of thiophene rings is 1. The second-order valence-electron chi connectivity index (χ2n) is 2.54. The van der Waals surface area contributed by atoms with Crippen LogP contribution in [0.4, 0.5) is 0 Å². The summed E-state index contributed by atoms with van der Waals surface area (Å²) in [7, 11) is 0. The summed E-state index contributed by atoms with van der Waals surface area (Å²) >= 11 is 18.8. The molecule has 0 unspecified atom stereocenters. The predicted molar refractivity (Wildman–Crippen MR) is 75.8 cm³/mol. The first-order chi connectivity index (χ1) is 7.09. The van der Waals surface area contributed by atoms with Gasteiger partial charge in [-0.1, -0.05) is 23.2 Å². The molecule has 0 spiro atoms. The summed E-state index contributed by atoms with van der Waals surface area (Å²) in [5.41, 5.74) is 0. The zero-order chi connectivity index (χ0) is 11.0. The van der Waals surface area contributed by atoms with Crippen molar-refractivity contribution < 1.29 is 0 Å². The highest BCUT2D eigenvalue weighted by Crippen LogP contribution is 2.34. The van der Waals surface area contributed by atoms with Crippen molar-refractivity contribution in [2.24, 2.45) is 0 Å². The van der Waals surface area contributed by atoms with E-state index in [1.54, 1.807) is 0 Å². The molecule has 7 heteroatoms. The maximum Gasteiger partial charge on any atom is 0.173 e. The van der Waals surface area contributed by atoms with Crippen molar-refractivity contribution >= 4 is 73.1 Å². The van der Waals surface area contributed by atoms with Gasteiger partial charge in [0.1, 0.15) is 10.3 Å². The normalized spacial score (nSPS) is 10.7. The molecule has 0 aliphatic carbocycles. The number of rotatable bonds is 1. The van der Waals surface area contributed by atoms with Gasteiger partial charge in [-0.2, -0.15) is 0 Å². The molecule has 2 rings (SSSR count). The molecule has 0 radical (unpaired) electrons. The first kappa shape index (κ1) is 12.0. The molecule has 0 saturated heterocycles. The maximum absolute atomic E-state index is 5.93. The minimum absolute atomic E-state index is 0.380. The Morgan fingerprint density at radius 1 is 1.27 bits per heavy atom. The number of aromatic nitrogens is 2. The molecule has 0 fully saturated rings. The Balaban J connectivity index is 2.60. The van der Waals surface area contributed by atoms with Crippen molar-refractivity contribution in [1.29, 1.82) is 0 Å². The molecule has 2 aromatic rings. The molecular weight excluding hydrogens is 434 g/mol. The molecule has 0 bridgehead atoms. The van der Waals surface area contributed by atoms with Gasteiger partial charge in [-0.05, 0) is 50.0 Å². The molecule has 0 saturated carbocycles. The second kappa shape index (κ2) is 4.83. The molecule has 0 atom stereocenters. The van der Waals surface area contributed by atoms with Crippen molar-refractivity contribution in [1.82, 2.24) is 9.97 Å². The zero-order valence-corrected chi connectivity index (χ0v) is 13.0. The lowest BCUT2D eigenvalue weighted by Gasteiger charge is -2.02. The van der Waals surface area contributed by atoms with Gasteiger partial charge in [0.05, 0.1) is 8.45 Å². The first-order valence-electron chi connectivity index (χ1n) is 3.71. The van der Waals surface area contributed by atoms with Crippen LogP contribution in [0, 0.1) is 3.57 Å². The highest BCUT2D eigenvalue weighted by molar-refractivity contribution is 14.1. The molecule has 0 aromatic carbocycles. The van der Waals surface area contributed by atoms with E-state index in [9.17, 15) is 0 Å². The smallest absolute Gasteiger partial charge is 0.173 e. The third kappa shape index (κ3) is 2.46. The minimum atomic E-state index is 0.380. The van der Waals surface area contributed by atoms with Crippen molar-refractivity contribution in [3.63, 3.8) is 0 Å². The lowest BCUT2D eigenvalue weighted by Crippen LogP contribution is -1.92.